The van der Waals surface area contributed by atoms with Gasteiger partial charge >= 0.3 is 0 Å². The molecule has 0 bridgehead atoms. The molecule has 1 amide bonds. The fraction of sp³-hybridized carbons (Fsp3) is 0.429. The van der Waals surface area contributed by atoms with Crippen LogP contribution in [0.1, 0.15) is 42.0 Å². The molecule has 26 heavy (non-hydrogen) atoms. The number of ether oxygens (including phenoxy) is 1. The van der Waals surface area contributed by atoms with Crippen molar-refractivity contribution in [2.75, 3.05) is 7.11 Å². The lowest BCUT2D eigenvalue weighted by Gasteiger charge is -2.38. The van der Waals surface area contributed by atoms with Gasteiger partial charge in [0.25, 0.3) is 0 Å². The Morgan fingerprint density at radius 3 is 2.69 bits per heavy atom. The second-order valence-corrected chi connectivity index (χ2v) is 6.99. The van der Waals surface area contributed by atoms with Crippen LogP contribution in [-0.2, 0) is 11.2 Å². The second-order valence-electron chi connectivity index (χ2n) is 6.99. The molecule has 1 aliphatic rings. The van der Waals surface area contributed by atoms with Crippen molar-refractivity contribution in [1.29, 1.82) is 0 Å². The standard InChI is InChI=1S/C21H26N2O3/c1-14-5-3-4-6-15(14)7-9-19(25)23-21(17-11-18(24)12-17)16-8-10-20(26-2)22-13-16/h3-6,8,10,13,17-18,21,24H,7,9,11-12H2,1-2H3,(H,23,25)/t17?,18?,21-/m0/s1. The number of nitrogens with zero attached hydrogens (tertiary/aromatic N) is 1. The third-order valence-corrected chi connectivity index (χ3v) is 5.15. The molecule has 1 aromatic carbocycles. The molecule has 0 saturated heterocycles. The highest BCUT2D eigenvalue weighted by Gasteiger charge is 2.35. The van der Waals surface area contributed by atoms with Crippen molar-refractivity contribution < 1.29 is 14.6 Å². The van der Waals surface area contributed by atoms with Crippen LogP contribution in [0.2, 0.25) is 0 Å². The fourth-order valence-electron chi connectivity index (χ4n) is 3.46. The highest BCUT2D eigenvalue weighted by Crippen LogP contribution is 2.38. The number of aryl methyl sites for hydroxylation is 2. The molecule has 1 saturated carbocycles. The quantitative estimate of drug-likeness (QED) is 0.802. The van der Waals surface area contributed by atoms with Gasteiger partial charge in [-0.15, -0.1) is 0 Å². The van der Waals surface area contributed by atoms with E-state index in [9.17, 15) is 9.90 Å². The molecule has 1 aromatic heterocycles. The zero-order valence-electron chi connectivity index (χ0n) is 15.3. The summed E-state index contributed by atoms with van der Waals surface area (Å²) in [6.45, 7) is 2.06. The van der Waals surface area contributed by atoms with Crippen molar-refractivity contribution >= 4 is 5.91 Å². The van der Waals surface area contributed by atoms with Crippen molar-refractivity contribution in [1.82, 2.24) is 10.3 Å². The molecule has 0 aliphatic heterocycles. The van der Waals surface area contributed by atoms with Gasteiger partial charge in [-0.3, -0.25) is 4.79 Å². The predicted molar refractivity (Wildman–Crippen MR) is 99.9 cm³/mol. The molecule has 5 nitrogen and oxygen atoms in total. The Labute approximate surface area is 154 Å². The molecular weight excluding hydrogens is 328 g/mol. The van der Waals surface area contributed by atoms with Gasteiger partial charge in [-0.25, -0.2) is 4.98 Å². The maximum absolute atomic E-state index is 12.5. The fourth-order valence-corrected chi connectivity index (χ4v) is 3.46. The summed E-state index contributed by atoms with van der Waals surface area (Å²) < 4.78 is 5.11. The first kappa shape index (κ1) is 18.4. The van der Waals surface area contributed by atoms with E-state index in [0.29, 0.717) is 25.1 Å². The minimum atomic E-state index is -0.266. The van der Waals surface area contributed by atoms with E-state index in [-0.39, 0.29) is 24.0 Å². The van der Waals surface area contributed by atoms with Crippen molar-refractivity contribution in [3.63, 3.8) is 0 Å². The summed E-state index contributed by atoms with van der Waals surface area (Å²) in [6, 6.07) is 11.8. The minimum Gasteiger partial charge on any atom is -0.481 e. The van der Waals surface area contributed by atoms with E-state index < -0.39 is 0 Å². The van der Waals surface area contributed by atoms with Crippen LogP contribution in [0.4, 0.5) is 0 Å². The number of aliphatic hydroxyl groups is 1. The predicted octanol–water partition coefficient (Wildman–Crippen LogP) is 2.96. The Balaban J connectivity index is 1.65. The summed E-state index contributed by atoms with van der Waals surface area (Å²) in [7, 11) is 1.58. The normalized spacial score (nSPS) is 20.1. The van der Waals surface area contributed by atoms with E-state index in [1.54, 1.807) is 19.4 Å². The molecule has 1 heterocycles. The third-order valence-electron chi connectivity index (χ3n) is 5.15. The molecule has 3 rings (SSSR count). The van der Waals surface area contributed by atoms with Gasteiger partial charge in [0.2, 0.25) is 11.8 Å². The molecule has 0 spiro atoms. The van der Waals surface area contributed by atoms with Crippen LogP contribution in [0.3, 0.4) is 0 Å². The molecule has 138 valence electrons. The number of nitrogens with one attached hydrogen (secondary N) is 1. The summed E-state index contributed by atoms with van der Waals surface area (Å²) in [6.07, 6.45) is 4.05. The lowest BCUT2D eigenvalue weighted by molar-refractivity contribution is -0.123. The van der Waals surface area contributed by atoms with Gasteiger partial charge in [0.05, 0.1) is 19.3 Å². The van der Waals surface area contributed by atoms with Gasteiger partial charge in [-0.05, 0) is 48.8 Å². The molecule has 5 heteroatoms. The van der Waals surface area contributed by atoms with Crippen LogP contribution in [0.15, 0.2) is 42.6 Å². The van der Waals surface area contributed by atoms with Crippen molar-refractivity contribution in [3.8, 4) is 5.88 Å². The average molecular weight is 354 g/mol. The maximum atomic E-state index is 12.5. The molecule has 1 aliphatic carbocycles. The van der Waals surface area contributed by atoms with E-state index >= 15 is 0 Å². The zero-order chi connectivity index (χ0) is 18.5. The second kappa shape index (κ2) is 8.32. The van der Waals surface area contributed by atoms with E-state index in [4.69, 9.17) is 4.74 Å². The van der Waals surface area contributed by atoms with Crippen LogP contribution < -0.4 is 10.1 Å². The number of carbonyl (C=O) groups excluding carboxylic acids is 1. The molecule has 2 aromatic rings. The lowest BCUT2D eigenvalue weighted by atomic mass is 9.75. The SMILES string of the molecule is COc1ccc([C@H](NC(=O)CCc2ccccc2C)C2CC(O)C2)cn1. The van der Waals surface area contributed by atoms with E-state index in [1.165, 1.54) is 11.1 Å². The van der Waals surface area contributed by atoms with Crippen molar-refractivity contribution in [2.45, 2.75) is 44.8 Å². The van der Waals surface area contributed by atoms with Gasteiger partial charge in [0.1, 0.15) is 0 Å². The molecule has 0 unspecified atom stereocenters. The first-order chi connectivity index (χ1) is 12.6. The maximum Gasteiger partial charge on any atom is 0.220 e. The number of hydrogen-bond donors (Lipinski definition) is 2. The van der Waals surface area contributed by atoms with E-state index in [2.05, 4.69) is 29.4 Å². The topological polar surface area (TPSA) is 71.5 Å². The molecule has 1 fully saturated rings. The van der Waals surface area contributed by atoms with Gasteiger partial charge in [0, 0.05) is 18.7 Å². The highest BCUT2D eigenvalue weighted by molar-refractivity contribution is 5.76. The number of hydrogen-bond acceptors (Lipinski definition) is 4. The molecular formula is C21H26N2O3. The molecule has 1 atom stereocenters. The summed E-state index contributed by atoms with van der Waals surface area (Å²) in [5, 5.41) is 12.8. The summed E-state index contributed by atoms with van der Waals surface area (Å²) in [4.78, 5) is 16.8. The minimum absolute atomic E-state index is 0.0236. The number of amides is 1. The number of aromatic nitrogens is 1. The van der Waals surface area contributed by atoms with Crippen LogP contribution >= 0.6 is 0 Å². The summed E-state index contributed by atoms with van der Waals surface area (Å²) >= 11 is 0. The van der Waals surface area contributed by atoms with Gasteiger partial charge in [-0.2, -0.15) is 0 Å². The number of aliphatic hydroxyl groups excluding tert-OH is 1. The Morgan fingerprint density at radius 1 is 1.31 bits per heavy atom. The highest BCUT2D eigenvalue weighted by atomic mass is 16.5. The van der Waals surface area contributed by atoms with Crippen molar-refractivity contribution in [2.24, 2.45) is 5.92 Å². The number of benzene rings is 1. The monoisotopic (exact) mass is 354 g/mol. The van der Waals surface area contributed by atoms with Gasteiger partial charge < -0.3 is 15.2 Å². The van der Waals surface area contributed by atoms with E-state index in [1.807, 2.05) is 18.2 Å². The van der Waals surface area contributed by atoms with Crippen LogP contribution in [0.25, 0.3) is 0 Å². The third kappa shape index (κ3) is 4.41. The smallest absolute Gasteiger partial charge is 0.220 e. The number of pyridine rings is 1. The van der Waals surface area contributed by atoms with Gasteiger partial charge in [-0.1, -0.05) is 30.3 Å². The number of methoxy groups -OCH3 is 1. The van der Waals surface area contributed by atoms with Crippen molar-refractivity contribution in [3.05, 3.63) is 59.3 Å². The summed E-state index contributed by atoms with van der Waals surface area (Å²) in [5.74, 6) is 0.810. The Kier molecular flexibility index (Phi) is 5.89. The van der Waals surface area contributed by atoms with E-state index in [0.717, 1.165) is 12.0 Å². The Bertz CT molecular complexity index is 739. The van der Waals surface area contributed by atoms with Gasteiger partial charge in [0.15, 0.2) is 0 Å². The first-order valence-corrected chi connectivity index (χ1v) is 9.08. The first-order valence-electron chi connectivity index (χ1n) is 9.08. The summed E-state index contributed by atoms with van der Waals surface area (Å²) in [5.41, 5.74) is 3.36. The number of rotatable bonds is 7. The van der Waals surface area contributed by atoms with Crippen LogP contribution in [0, 0.1) is 12.8 Å². The lowest BCUT2D eigenvalue weighted by Crippen LogP contribution is -2.41. The average Bonchev–Trinajstić information content (AvgIpc) is 2.63. The largest absolute Gasteiger partial charge is 0.481 e. The molecule has 2 N–H and O–H groups in total. The Hall–Kier alpha value is -2.40. The zero-order valence-corrected chi connectivity index (χ0v) is 15.3. The Morgan fingerprint density at radius 2 is 2.08 bits per heavy atom. The molecule has 0 radical (unpaired) electrons. The van der Waals surface area contributed by atoms with Crippen LogP contribution in [-0.4, -0.2) is 29.2 Å². The number of carbonyl (C=O) groups is 1. The van der Waals surface area contributed by atoms with Crippen LogP contribution in [0.5, 0.6) is 5.88 Å².